The van der Waals surface area contributed by atoms with E-state index in [0.717, 1.165) is 0 Å². The van der Waals surface area contributed by atoms with Crippen LogP contribution in [0.3, 0.4) is 0 Å². The summed E-state index contributed by atoms with van der Waals surface area (Å²) in [6.45, 7) is 1.36. The van der Waals surface area contributed by atoms with Crippen molar-refractivity contribution in [3.63, 3.8) is 0 Å². The summed E-state index contributed by atoms with van der Waals surface area (Å²) in [6, 6.07) is 0. The fourth-order valence-corrected chi connectivity index (χ4v) is 1.29. The molecular weight excluding hydrogens is 164 g/mol. The van der Waals surface area contributed by atoms with Crippen molar-refractivity contribution in [2.75, 3.05) is 6.61 Å². The fraction of sp³-hybridized carbons (Fsp3) is 1.00. The van der Waals surface area contributed by atoms with Gasteiger partial charge in [-0.15, -0.1) is 0 Å². The number of aliphatic hydroxyl groups excluding tert-OH is 4. The van der Waals surface area contributed by atoms with Gasteiger partial charge in [0.05, 0.1) is 18.8 Å². The van der Waals surface area contributed by atoms with Crippen molar-refractivity contribution in [3.8, 4) is 0 Å². The maximum absolute atomic E-state index is 9.32. The molecule has 0 aromatic heterocycles. The first-order valence-electron chi connectivity index (χ1n) is 3.88. The molecule has 3 unspecified atom stereocenters. The van der Waals surface area contributed by atoms with E-state index in [0.29, 0.717) is 0 Å². The van der Waals surface area contributed by atoms with Gasteiger partial charge < -0.3 is 25.2 Å². The second kappa shape index (κ2) is 3.68. The maximum Gasteiger partial charge on any atom is 0.183 e. The van der Waals surface area contributed by atoms with Crippen LogP contribution in [0.4, 0.5) is 0 Å². The standard InChI is InChI=1S/C7H14O5/c1-3-4(2-8)12-7(11)6(10)5(3)9/h3-11H,2H2,1H3/t3-,4?,5?,6+,7?/m1/s1. The summed E-state index contributed by atoms with van der Waals surface area (Å²) in [7, 11) is 0. The molecule has 72 valence electrons. The van der Waals surface area contributed by atoms with Crippen LogP contribution in [-0.4, -0.2) is 51.6 Å². The minimum Gasteiger partial charge on any atom is -0.394 e. The summed E-state index contributed by atoms with van der Waals surface area (Å²) >= 11 is 0. The van der Waals surface area contributed by atoms with E-state index < -0.39 is 24.6 Å². The van der Waals surface area contributed by atoms with E-state index in [1.165, 1.54) is 0 Å². The number of aliphatic hydroxyl groups is 4. The maximum atomic E-state index is 9.32. The number of rotatable bonds is 1. The lowest BCUT2D eigenvalue weighted by Gasteiger charge is -2.38. The molecule has 1 aliphatic heterocycles. The lowest BCUT2D eigenvalue weighted by molar-refractivity contribution is -0.271. The molecule has 0 aromatic rings. The van der Waals surface area contributed by atoms with E-state index in [9.17, 15) is 5.11 Å². The topological polar surface area (TPSA) is 90.2 Å². The molecule has 0 aliphatic carbocycles. The normalized spacial score (nSPS) is 49.2. The van der Waals surface area contributed by atoms with Gasteiger partial charge in [0.25, 0.3) is 0 Å². The average Bonchev–Trinajstić information content (AvgIpc) is 2.08. The predicted octanol–water partition coefficient (Wildman–Crippen LogP) is -1.95. The highest BCUT2D eigenvalue weighted by Gasteiger charge is 2.40. The highest BCUT2D eigenvalue weighted by molar-refractivity contribution is 4.85. The molecule has 0 saturated carbocycles. The Balaban J connectivity index is 2.63. The molecule has 0 radical (unpaired) electrons. The van der Waals surface area contributed by atoms with Crippen molar-refractivity contribution in [1.82, 2.24) is 0 Å². The monoisotopic (exact) mass is 178 g/mol. The van der Waals surface area contributed by atoms with Gasteiger partial charge in [-0.1, -0.05) is 6.92 Å². The van der Waals surface area contributed by atoms with Gasteiger partial charge in [-0.05, 0) is 0 Å². The largest absolute Gasteiger partial charge is 0.394 e. The van der Waals surface area contributed by atoms with Crippen LogP contribution in [-0.2, 0) is 4.74 Å². The zero-order valence-corrected chi connectivity index (χ0v) is 6.79. The van der Waals surface area contributed by atoms with Crippen LogP contribution >= 0.6 is 0 Å². The molecule has 4 N–H and O–H groups in total. The second-order valence-electron chi connectivity index (χ2n) is 3.09. The SMILES string of the molecule is C[C@@H]1C(CO)OC(O)[C@@H](O)C1O. The minimum absolute atomic E-state index is 0.276. The van der Waals surface area contributed by atoms with Crippen molar-refractivity contribution in [2.24, 2.45) is 5.92 Å². The van der Waals surface area contributed by atoms with E-state index in [1.807, 2.05) is 0 Å². The molecule has 0 spiro atoms. The molecule has 5 heteroatoms. The predicted molar refractivity (Wildman–Crippen MR) is 39.1 cm³/mol. The fourth-order valence-electron chi connectivity index (χ4n) is 1.29. The Hall–Kier alpha value is -0.200. The van der Waals surface area contributed by atoms with Gasteiger partial charge in [-0.2, -0.15) is 0 Å². The third-order valence-electron chi connectivity index (χ3n) is 2.26. The average molecular weight is 178 g/mol. The minimum atomic E-state index is -1.41. The van der Waals surface area contributed by atoms with Crippen LogP contribution in [0, 0.1) is 5.92 Å². The van der Waals surface area contributed by atoms with Crippen molar-refractivity contribution < 1.29 is 25.2 Å². The summed E-state index contributed by atoms with van der Waals surface area (Å²) < 4.78 is 4.83. The van der Waals surface area contributed by atoms with Gasteiger partial charge in [0, 0.05) is 5.92 Å². The number of ether oxygens (including phenoxy) is 1. The van der Waals surface area contributed by atoms with Crippen LogP contribution in [0.15, 0.2) is 0 Å². The van der Waals surface area contributed by atoms with Gasteiger partial charge in [-0.3, -0.25) is 0 Å². The van der Waals surface area contributed by atoms with E-state index in [-0.39, 0.29) is 12.5 Å². The molecule has 1 heterocycles. The Morgan fingerprint density at radius 1 is 1.17 bits per heavy atom. The van der Waals surface area contributed by atoms with Gasteiger partial charge in [0.15, 0.2) is 6.29 Å². The third-order valence-corrected chi connectivity index (χ3v) is 2.26. The molecule has 1 aliphatic rings. The summed E-state index contributed by atoms with van der Waals surface area (Å²) in [6.07, 6.45) is -4.36. The van der Waals surface area contributed by atoms with Crippen molar-refractivity contribution in [2.45, 2.75) is 31.5 Å². The first kappa shape index (κ1) is 9.88. The number of hydrogen-bond donors (Lipinski definition) is 4. The molecular formula is C7H14O5. The Morgan fingerprint density at radius 3 is 2.25 bits per heavy atom. The molecule has 1 saturated heterocycles. The first-order valence-corrected chi connectivity index (χ1v) is 3.88. The molecule has 5 nitrogen and oxygen atoms in total. The molecule has 0 aromatic carbocycles. The van der Waals surface area contributed by atoms with Crippen LogP contribution in [0.1, 0.15) is 6.92 Å². The molecule has 5 atom stereocenters. The molecule has 1 fully saturated rings. The summed E-state index contributed by atoms with van der Waals surface area (Å²) in [5.41, 5.74) is 0. The van der Waals surface area contributed by atoms with Gasteiger partial charge >= 0.3 is 0 Å². The number of hydrogen-bond acceptors (Lipinski definition) is 5. The van der Waals surface area contributed by atoms with E-state index in [4.69, 9.17) is 20.1 Å². The Kier molecular flexibility index (Phi) is 3.03. The lowest BCUT2D eigenvalue weighted by Crippen LogP contribution is -2.54. The quantitative estimate of drug-likeness (QED) is 0.375. The van der Waals surface area contributed by atoms with Crippen LogP contribution in [0.2, 0.25) is 0 Å². The highest BCUT2D eigenvalue weighted by Crippen LogP contribution is 2.24. The lowest BCUT2D eigenvalue weighted by atomic mass is 9.91. The molecule has 0 bridgehead atoms. The first-order chi connectivity index (χ1) is 5.57. The van der Waals surface area contributed by atoms with Gasteiger partial charge in [0.1, 0.15) is 6.10 Å². The van der Waals surface area contributed by atoms with Crippen LogP contribution in [0.25, 0.3) is 0 Å². The molecule has 12 heavy (non-hydrogen) atoms. The molecule has 1 rings (SSSR count). The van der Waals surface area contributed by atoms with Gasteiger partial charge in [-0.25, -0.2) is 0 Å². The van der Waals surface area contributed by atoms with Crippen LogP contribution < -0.4 is 0 Å². The Labute approximate surface area is 70.2 Å². The zero-order valence-electron chi connectivity index (χ0n) is 6.79. The Bertz CT molecular complexity index is 146. The van der Waals surface area contributed by atoms with E-state index >= 15 is 0 Å². The summed E-state index contributed by atoms with van der Waals surface area (Å²) in [5.74, 6) is -0.381. The van der Waals surface area contributed by atoms with Crippen LogP contribution in [0.5, 0.6) is 0 Å². The third kappa shape index (κ3) is 1.60. The highest BCUT2D eigenvalue weighted by atomic mass is 16.6. The molecule has 0 amide bonds. The second-order valence-corrected chi connectivity index (χ2v) is 3.09. The Morgan fingerprint density at radius 2 is 1.75 bits per heavy atom. The summed E-state index contributed by atoms with van der Waals surface area (Å²) in [5, 5.41) is 36.2. The van der Waals surface area contributed by atoms with Crippen molar-refractivity contribution >= 4 is 0 Å². The van der Waals surface area contributed by atoms with E-state index in [2.05, 4.69) is 0 Å². The summed E-state index contributed by atoms with van der Waals surface area (Å²) in [4.78, 5) is 0. The van der Waals surface area contributed by atoms with Gasteiger partial charge in [0.2, 0.25) is 0 Å². The van der Waals surface area contributed by atoms with Crippen molar-refractivity contribution in [1.29, 1.82) is 0 Å². The smallest absolute Gasteiger partial charge is 0.183 e. The zero-order chi connectivity index (χ0) is 9.30. The van der Waals surface area contributed by atoms with E-state index in [1.54, 1.807) is 6.92 Å². The van der Waals surface area contributed by atoms with Crippen molar-refractivity contribution in [3.05, 3.63) is 0 Å².